The van der Waals surface area contributed by atoms with Crippen LogP contribution < -0.4 is 0 Å². The van der Waals surface area contributed by atoms with Gasteiger partial charge in [-0.1, -0.05) is 45.8 Å². The van der Waals surface area contributed by atoms with Crippen LogP contribution in [0.4, 0.5) is 0 Å². The van der Waals surface area contributed by atoms with E-state index in [0.29, 0.717) is 0 Å². The topological polar surface area (TPSA) is 28.7 Å². The predicted octanol–water partition coefficient (Wildman–Crippen LogP) is 5.06. The second kappa shape index (κ2) is 4.52. The molecule has 2 nitrogen and oxygen atoms in total. The summed E-state index contributed by atoms with van der Waals surface area (Å²) >= 11 is 7.01. The van der Waals surface area contributed by atoms with E-state index in [1.54, 1.807) is 0 Å². The standard InChI is InChI=1S/C14H10Br2N2/c1-8-2-4-9(5-3-8)14-17-12-7-10(15)6-11(16)13(12)18-14/h2-7H,1H3,(H,17,18). The van der Waals surface area contributed by atoms with Crippen LogP contribution in [0.2, 0.25) is 0 Å². The van der Waals surface area contributed by atoms with Crippen molar-refractivity contribution in [3.05, 3.63) is 50.9 Å². The van der Waals surface area contributed by atoms with Crippen molar-refractivity contribution in [3.8, 4) is 11.4 Å². The fraction of sp³-hybridized carbons (Fsp3) is 0.0714. The summed E-state index contributed by atoms with van der Waals surface area (Å²) in [6.07, 6.45) is 0. The molecule has 90 valence electrons. The second-order valence-electron chi connectivity index (χ2n) is 4.24. The van der Waals surface area contributed by atoms with Gasteiger partial charge in [-0.2, -0.15) is 0 Å². The molecule has 0 aliphatic carbocycles. The number of benzene rings is 2. The molecule has 18 heavy (non-hydrogen) atoms. The summed E-state index contributed by atoms with van der Waals surface area (Å²) in [5, 5.41) is 0. The Morgan fingerprint density at radius 1 is 1.06 bits per heavy atom. The minimum absolute atomic E-state index is 0.892. The molecule has 0 amide bonds. The molecule has 1 heterocycles. The molecule has 3 aromatic rings. The minimum Gasteiger partial charge on any atom is -0.338 e. The lowest BCUT2D eigenvalue weighted by atomic mass is 10.1. The first-order chi connectivity index (χ1) is 8.63. The van der Waals surface area contributed by atoms with Crippen molar-refractivity contribution in [3.63, 3.8) is 0 Å². The third kappa shape index (κ3) is 2.10. The van der Waals surface area contributed by atoms with Gasteiger partial charge in [0.1, 0.15) is 11.3 Å². The van der Waals surface area contributed by atoms with Crippen molar-refractivity contribution in [2.24, 2.45) is 0 Å². The number of nitrogens with one attached hydrogen (secondary N) is 1. The molecular formula is C14H10Br2N2. The van der Waals surface area contributed by atoms with Crippen LogP contribution in [0.15, 0.2) is 45.3 Å². The van der Waals surface area contributed by atoms with E-state index >= 15 is 0 Å². The van der Waals surface area contributed by atoms with Crippen LogP contribution >= 0.6 is 31.9 Å². The minimum atomic E-state index is 0.892. The molecule has 0 spiro atoms. The monoisotopic (exact) mass is 364 g/mol. The number of imidazole rings is 1. The van der Waals surface area contributed by atoms with Gasteiger partial charge < -0.3 is 4.98 Å². The lowest BCUT2D eigenvalue weighted by Crippen LogP contribution is -1.80. The number of hydrogen-bond acceptors (Lipinski definition) is 1. The Morgan fingerprint density at radius 2 is 1.78 bits per heavy atom. The quantitative estimate of drug-likeness (QED) is 0.641. The van der Waals surface area contributed by atoms with Gasteiger partial charge in [-0.15, -0.1) is 0 Å². The van der Waals surface area contributed by atoms with E-state index in [2.05, 4.69) is 73.0 Å². The third-order valence-electron chi connectivity index (χ3n) is 2.83. The Morgan fingerprint density at radius 3 is 2.50 bits per heavy atom. The molecule has 4 heteroatoms. The Balaban J connectivity index is 2.19. The van der Waals surface area contributed by atoms with E-state index in [1.807, 2.05) is 12.1 Å². The Labute approximate surface area is 122 Å². The molecule has 1 aromatic heterocycles. The van der Waals surface area contributed by atoms with Gasteiger partial charge in [0.05, 0.1) is 5.52 Å². The molecule has 2 aromatic carbocycles. The smallest absolute Gasteiger partial charge is 0.138 e. The fourth-order valence-electron chi connectivity index (χ4n) is 1.89. The van der Waals surface area contributed by atoms with Crippen LogP contribution in [-0.2, 0) is 0 Å². The number of nitrogens with zero attached hydrogens (tertiary/aromatic N) is 1. The van der Waals surface area contributed by atoms with Crippen LogP contribution in [0.5, 0.6) is 0 Å². The zero-order chi connectivity index (χ0) is 12.7. The lowest BCUT2D eigenvalue weighted by molar-refractivity contribution is 1.33. The van der Waals surface area contributed by atoms with E-state index < -0.39 is 0 Å². The van der Waals surface area contributed by atoms with Crippen LogP contribution in [0.3, 0.4) is 0 Å². The molecule has 0 atom stereocenters. The summed E-state index contributed by atoms with van der Waals surface area (Å²) in [6.45, 7) is 2.08. The summed E-state index contributed by atoms with van der Waals surface area (Å²) in [7, 11) is 0. The SMILES string of the molecule is Cc1ccc(-c2nc3c(Br)cc(Br)cc3[nH]2)cc1. The number of aromatic amines is 1. The number of fused-ring (bicyclic) bond motifs is 1. The summed E-state index contributed by atoms with van der Waals surface area (Å²) in [6, 6.07) is 12.4. The maximum absolute atomic E-state index is 4.63. The molecule has 0 saturated heterocycles. The largest absolute Gasteiger partial charge is 0.338 e. The highest BCUT2D eigenvalue weighted by atomic mass is 79.9. The van der Waals surface area contributed by atoms with Crippen LogP contribution in [0.25, 0.3) is 22.4 Å². The molecule has 1 N–H and O–H groups in total. The van der Waals surface area contributed by atoms with Crippen LogP contribution in [-0.4, -0.2) is 9.97 Å². The third-order valence-corrected chi connectivity index (χ3v) is 3.89. The predicted molar refractivity (Wildman–Crippen MR) is 81.7 cm³/mol. The van der Waals surface area contributed by atoms with Gasteiger partial charge >= 0.3 is 0 Å². The molecule has 0 bridgehead atoms. The van der Waals surface area contributed by atoms with Crippen molar-refractivity contribution in [1.82, 2.24) is 9.97 Å². The first-order valence-corrected chi connectivity index (χ1v) is 7.14. The average Bonchev–Trinajstić information content (AvgIpc) is 2.74. The van der Waals surface area contributed by atoms with Gasteiger partial charge in [-0.3, -0.25) is 0 Å². The highest BCUT2D eigenvalue weighted by Crippen LogP contribution is 2.29. The lowest BCUT2D eigenvalue weighted by Gasteiger charge is -1.96. The molecule has 0 radical (unpaired) electrons. The first-order valence-electron chi connectivity index (χ1n) is 5.55. The van der Waals surface area contributed by atoms with Crippen LogP contribution in [0.1, 0.15) is 5.56 Å². The zero-order valence-electron chi connectivity index (χ0n) is 9.67. The number of hydrogen-bond donors (Lipinski definition) is 1. The molecule has 0 aliphatic heterocycles. The van der Waals surface area contributed by atoms with Crippen molar-refractivity contribution in [2.45, 2.75) is 6.92 Å². The fourth-order valence-corrected chi connectivity index (χ4v) is 3.20. The highest BCUT2D eigenvalue weighted by molar-refractivity contribution is 9.11. The molecule has 0 unspecified atom stereocenters. The highest BCUT2D eigenvalue weighted by Gasteiger charge is 2.08. The summed E-state index contributed by atoms with van der Waals surface area (Å²) in [5.41, 5.74) is 4.32. The molecule has 0 fully saturated rings. The molecule has 0 saturated carbocycles. The van der Waals surface area contributed by atoms with Gasteiger partial charge in [0.25, 0.3) is 0 Å². The number of rotatable bonds is 1. The number of H-pyrrole nitrogens is 1. The number of halogens is 2. The molecule has 3 rings (SSSR count). The normalized spacial score (nSPS) is 11.1. The Bertz CT molecular complexity index is 714. The first kappa shape index (κ1) is 11.9. The van der Waals surface area contributed by atoms with Gasteiger partial charge in [-0.05, 0) is 35.0 Å². The average molecular weight is 366 g/mol. The summed E-state index contributed by atoms with van der Waals surface area (Å²) < 4.78 is 2.02. The van der Waals surface area contributed by atoms with E-state index in [4.69, 9.17) is 0 Å². The Kier molecular flexibility index (Phi) is 2.99. The van der Waals surface area contributed by atoms with E-state index in [1.165, 1.54) is 5.56 Å². The molecule has 0 aliphatic rings. The van der Waals surface area contributed by atoms with Gasteiger partial charge in [0, 0.05) is 14.5 Å². The van der Waals surface area contributed by atoms with E-state index in [9.17, 15) is 0 Å². The number of aryl methyl sites for hydroxylation is 1. The van der Waals surface area contributed by atoms with Crippen molar-refractivity contribution in [1.29, 1.82) is 0 Å². The van der Waals surface area contributed by atoms with Gasteiger partial charge in [0.2, 0.25) is 0 Å². The Hall–Kier alpha value is -1.13. The molecular weight excluding hydrogens is 356 g/mol. The van der Waals surface area contributed by atoms with Gasteiger partial charge in [0.15, 0.2) is 0 Å². The summed E-state index contributed by atoms with van der Waals surface area (Å²) in [5.74, 6) is 0.892. The second-order valence-corrected chi connectivity index (χ2v) is 6.01. The number of aromatic nitrogens is 2. The van der Waals surface area contributed by atoms with E-state index in [0.717, 1.165) is 31.4 Å². The maximum atomic E-state index is 4.63. The maximum Gasteiger partial charge on any atom is 0.138 e. The summed E-state index contributed by atoms with van der Waals surface area (Å²) in [4.78, 5) is 7.97. The zero-order valence-corrected chi connectivity index (χ0v) is 12.8. The van der Waals surface area contributed by atoms with E-state index in [-0.39, 0.29) is 0 Å². The van der Waals surface area contributed by atoms with Crippen LogP contribution in [0, 0.1) is 6.92 Å². The van der Waals surface area contributed by atoms with Crippen molar-refractivity contribution < 1.29 is 0 Å². The van der Waals surface area contributed by atoms with Crippen molar-refractivity contribution >= 4 is 42.9 Å². The van der Waals surface area contributed by atoms with Crippen molar-refractivity contribution in [2.75, 3.05) is 0 Å². The van der Waals surface area contributed by atoms with Gasteiger partial charge in [-0.25, -0.2) is 4.98 Å².